The Hall–Kier alpha value is -2.24. The Morgan fingerprint density at radius 3 is 1.29 bits per heavy atom. The monoisotopic (exact) mass is 471 g/mol. The molecule has 0 heterocycles. The van der Waals surface area contributed by atoms with Crippen molar-refractivity contribution in [3.05, 3.63) is 46.5 Å². The number of anilines is 2. The van der Waals surface area contributed by atoms with Gasteiger partial charge in [-0.25, -0.2) is 0 Å². The minimum absolute atomic E-state index is 0.106. The van der Waals surface area contributed by atoms with E-state index in [1.165, 1.54) is 11.1 Å². The molecular formula is C29H45NO4. The average molecular weight is 472 g/mol. The molecule has 0 saturated heterocycles. The zero-order valence-electron chi connectivity index (χ0n) is 23.4. The van der Waals surface area contributed by atoms with Gasteiger partial charge in [-0.05, 0) is 61.8 Å². The molecule has 0 saturated carbocycles. The van der Waals surface area contributed by atoms with Gasteiger partial charge in [-0.2, -0.15) is 0 Å². The first-order valence-corrected chi connectivity index (χ1v) is 12.0. The fraction of sp³-hybridized carbons (Fsp3) is 0.586. The van der Waals surface area contributed by atoms with E-state index in [0.717, 1.165) is 34.0 Å². The summed E-state index contributed by atoms with van der Waals surface area (Å²) in [5, 5.41) is 0. The zero-order valence-corrected chi connectivity index (χ0v) is 23.4. The summed E-state index contributed by atoms with van der Waals surface area (Å²) in [6.45, 7) is 22.3. The van der Waals surface area contributed by atoms with Crippen molar-refractivity contribution in [3.63, 3.8) is 0 Å². The quantitative estimate of drug-likeness (QED) is 0.356. The molecule has 2 aromatic carbocycles. The predicted octanol–water partition coefficient (Wildman–Crippen LogP) is 7.41. The van der Waals surface area contributed by atoms with Crippen molar-refractivity contribution in [2.75, 3.05) is 32.7 Å². The number of ether oxygens (including phenoxy) is 4. The lowest BCUT2D eigenvalue weighted by Crippen LogP contribution is -2.29. The van der Waals surface area contributed by atoms with E-state index < -0.39 is 0 Å². The van der Waals surface area contributed by atoms with Gasteiger partial charge in [0, 0.05) is 31.4 Å². The smallest absolute Gasteiger partial charge is 0.188 e. The van der Waals surface area contributed by atoms with Gasteiger partial charge in [0.15, 0.2) is 13.6 Å². The van der Waals surface area contributed by atoms with Crippen LogP contribution in [0.3, 0.4) is 0 Å². The fourth-order valence-corrected chi connectivity index (χ4v) is 4.21. The number of hydrogen-bond donors (Lipinski definition) is 0. The Bertz CT molecular complexity index is 892. The van der Waals surface area contributed by atoms with Crippen molar-refractivity contribution in [1.29, 1.82) is 0 Å². The van der Waals surface area contributed by atoms with Gasteiger partial charge in [0.05, 0.1) is 11.4 Å². The van der Waals surface area contributed by atoms with E-state index in [0.29, 0.717) is 0 Å². The third kappa shape index (κ3) is 6.45. The number of rotatable bonds is 9. The average Bonchev–Trinajstić information content (AvgIpc) is 2.70. The van der Waals surface area contributed by atoms with Crippen molar-refractivity contribution < 1.29 is 18.9 Å². The summed E-state index contributed by atoms with van der Waals surface area (Å²) in [5.74, 6) is 1.68. The molecule has 0 bridgehead atoms. The highest BCUT2D eigenvalue weighted by Gasteiger charge is 2.30. The van der Waals surface area contributed by atoms with Crippen LogP contribution in [0.2, 0.25) is 0 Å². The molecule has 0 atom stereocenters. The van der Waals surface area contributed by atoms with Crippen LogP contribution in [0, 0.1) is 13.8 Å². The molecule has 0 unspecified atom stereocenters. The maximum atomic E-state index is 6.27. The topological polar surface area (TPSA) is 40.2 Å². The van der Waals surface area contributed by atoms with Crippen molar-refractivity contribution >= 4 is 11.4 Å². The molecule has 0 amide bonds. The number of hydrogen-bond acceptors (Lipinski definition) is 5. The van der Waals surface area contributed by atoms with Crippen LogP contribution < -0.4 is 14.4 Å². The lowest BCUT2D eigenvalue weighted by atomic mass is 9.84. The zero-order chi connectivity index (χ0) is 25.8. The lowest BCUT2D eigenvalue weighted by molar-refractivity contribution is 0.0496. The third-order valence-corrected chi connectivity index (χ3v) is 5.72. The molecule has 0 N–H and O–H groups in total. The first-order valence-electron chi connectivity index (χ1n) is 12.0. The van der Waals surface area contributed by atoms with Crippen LogP contribution in [-0.4, -0.2) is 33.8 Å². The molecule has 190 valence electrons. The van der Waals surface area contributed by atoms with E-state index in [-0.39, 0.29) is 30.5 Å². The van der Waals surface area contributed by atoms with Crippen LogP contribution >= 0.6 is 0 Å². The Morgan fingerprint density at radius 2 is 1.03 bits per heavy atom. The fourth-order valence-electron chi connectivity index (χ4n) is 4.21. The summed E-state index contributed by atoms with van der Waals surface area (Å²) in [6, 6.07) is 8.95. The Labute approximate surface area is 207 Å². The Kier molecular flexibility index (Phi) is 9.06. The first kappa shape index (κ1) is 28.0. The van der Waals surface area contributed by atoms with E-state index in [4.69, 9.17) is 18.9 Å². The van der Waals surface area contributed by atoms with Crippen LogP contribution in [0.5, 0.6) is 11.5 Å². The molecule has 0 aromatic heterocycles. The van der Waals surface area contributed by atoms with Gasteiger partial charge in [0.25, 0.3) is 0 Å². The maximum absolute atomic E-state index is 6.27. The summed E-state index contributed by atoms with van der Waals surface area (Å²) >= 11 is 0. The van der Waals surface area contributed by atoms with Crippen molar-refractivity contribution in [2.24, 2.45) is 0 Å². The Balaban J connectivity index is 2.94. The normalized spacial score (nSPS) is 12.3. The number of nitrogens with zero attached hydrogens (tertiary/aromatic N) is 1. The summed E-state index contributed by atoms with van der Waals surface area (Å²) in [6.07, 6.45) is 0. The van der Waals surface area contributed by atoms with E-state index >= 15 is 0 Å². The summed E-state index contributed by atoms with van der Waals surface area (Å²) in [5.41, 5.74) is 6.45. The highest BCUT2D eigenvalue weighted by molar-refractivity contribution is 5.78. The Morgan fingerprint density at radius 1 is 0.676 bits per heavy atom. The van der Waals surface area contributed by atoms with Crippen LogP contribution in [0.15, 0.2) is 24.3 Å². The predicted molar refractivity (Wildman–Crippen MR) is 142 cm³/mol. The number of methoxy groups -OCH3 is 2. The van der Waals surface area contributed by atoms with Gasteiger partial charge in [0.1, 0.15) is 11.5 Å². The van der Waals surface area contributed by atoms with Crippen LogP contribution in [0.25, 0.3) is 0 Å². The third-order valence-electron chi connectivity index (χ3n) is 5.72. The summed E-state index contributed by atoms with van der Waals surface area (Å²) in [4.78, 5) is 2.32. The van der Waals surface area contributed by atoms with Gasteiger partial charge in [-0.3, -0.25) is 0 Å². The van der Waals surface area contributed by atoms with Gasteiger partial charge in [0.2, 0.25) is 0 Å². The highest BCUT2D eigenvalue weighted by atomic mass is 16.7. The molecule has 0 aliphatic rings. The molecule has 2 aromatic rings. The summed E-state index contributed by atoms with van der Waals surface area (Å²) in [7, 11) is 3.30. The minimum atomic E-state index is -0.106. The highest BCUT2D eigenvalue weighted by Crippen LogP contribution is 2.48. The van der Waals surface area contributed by atoms with Crippen LogP contribution in [0.4, 0.5) is 11.4 Å². The second-order valence-corrected chi connectivity index (χ2v) is 11.4. The molecule has 0 radical (unpaired) electrons. The molecule has 5 nitrogen and oxygen atoms in total. The SMILES string of the molecule is COCOc1c(N(c2cc(C)cc(C(C)(C)C)c2OCOC)C(C)C)cc(C)cc1C(C)(C)C. The standard InChI is InChI=1S/C29H45NO4/c1-19(2)30(24-15-20(3)13-22(28(5,6)7)26(24)33-17-31-11)25-16-21(4)14-23(29(8,9)10)27(25)34-18-32-12/h13-16,19H,17-18H2,1-12H3. The molecule has 0 aliphatic carbocycles. The maximum Gasteiger partial charge on any atom is 0.188 e. The largest absolute Gasteiger partial charge is 0.465 e. The van der Waals surface area contributed by atoms with Gasteiger partial charge < -0.3 is 23.8 Å². The number of aryl methyl sites for hydroxylation is 2. The van der Waals surface area contributed by atoms with E-state index in [1.807, 2.05) is 0 Å². The minimum Gasteiger partial charge on any atom is -0.465 e. The second kappa shape index (κ2) is 11.0. The number of benzene rings is 2. The molecule has 5 heteroatoms. The van der Waals surface area contributed by atoms with E-state index in [2.05, 4.69) is 98.4 Å². The van der Waals surface area contributed by atoms with E-state index in [1.54, 1.807) is 14.2 Å². The molecule has 2 rings (SSSR count). The van der Waals surface area contributed by atoms with Gasteiger partial charge in [-0.15, -0.1) is 0 Å². The molecule has 0 spiro atoms. The molecule has 0 aliphatic heterocycles. The molecule has 0 fully saturated rings. The van der Waals surface area contributed by atoms with Crippen LogP contribution in [-0.2, 0) is 20.3 Å². The molecule has 34 heavy (non-hydrogen) atoms. The van der Waals surface area contributed by atoms with Crippen molar-refractivity contribution in [2.45, 2.75) is 86.1 Å². The van der Waals surface area contributed by atoms with Gasteiger partial charge >= 0.3 is 0 Å². The van der Waals surface area contributed by atoms with Crippen molar-refractivity contribution in [3.8, 4) is 11.5 Å². The first-order chi connectivity index (χ1) is 15.7. The summed E-state index contributed by atoms with van der Waals surface area (Å²) < 4.78 is 23.2. The van der Waals surface area contributed by atoms with Crippen molar-refractivity contribution in [1.82, 2.24) is 0 Å². The lowest BCUT2D eigenvalue weighted by Gasteiger charge is -2.36. The second-order valence-electron chi connectivity index (χ2n) is 11.4. The molecular weight excluding hydrogens is 426 g/mol. The van der Waals surface area contributed by atoms with Crippen LogP contribution in [0.1, 0.15) is 77.6 Å². The van der Waals surface area contributed by atoms with Gasteiger partial charge in [-0.1, -0.05) is 53.7 Å². The van der Waals surface area contributed by atoms with E-state index in [9.17, 15) is 0 Å².